The van der Waals surface area contributed by atoms with E-state index in [1.165, 1.54) is 11.3 Å². The number of hydrogen-bond acceptors (Lipinski definition) is 4. The highest BCUT2D eigenvalue weighted by atomic mass is 32.1. The van der Waals surface area contributed by atoms with Crippen molar-refractivity contribution in [2.45, 2.75) is 13.5 Å². The van der Waals surface area contributed by atoms with Gasteiger partial charge in [0, 0.05) is 5.56 Å². The van der Waals surface area contributed by atoms with Crippen LogP contribution in [0.3, 0.4) is 0 Å². The second kappa shape index (κ2) is 6.62. The normalized spacial score (nSPS) is 10.5. The van der Waals surface area contributed by atoms with Gasteiger partial charge in [0.15, 0.2) is 0 Å². The molecular formula is C18H15NO3S. The van der Waals surface area contributed by atoms with E-state index in [0.717, 1.165) is 11.1 Å². The summed E-state index contributed by atoms with van der Waals surface area (Å²) in [4.78, 5) is 16.2. The van der Waals surface area contributed by atoms with Gasteiger partial charge in [0.05, 0.1) is 0 Å². The van der Waals surface area contributed by atoms with Gasteiger partial charge in [0.1, 0.15) is 27.9 Å². The van der Waals surface area contributed by atoms with E-state index >= 15 is 0 Å². The molecule has 0 spiro atoms. The predicted octanol–water partition coefficient (Wildman–Crippen LogP) is 4.40. The first-order valence-electron chi connectivity index (χ1n) is 7.12. The van der Waals surface area contributed by atoms with Crippen LogP contribution in [0.1, 0.15) is 20.9 Å². The Kier molecular flexibility index (Phi) is 4.39. The van der Waals surface area contributed by atoms with E-state index < -0.39 is 5.97 Å². The molecule has 0 amide bonds. The number of nitrogens with zero attached hydrogens (tertiary/aromatic N) is 1. The number of carboxylic acids is 1. The number of hydrogen-bond donors (Lipinski definition) is 1. The third-order valence-electron chi connectivity index (χ3n) is 3.39. The zero-order chi connectivity index (χ0) is 16.2. The average Bonchev–Trinajstić information content (AvgIpc) is 2.99. The van der Waals surface area contributed by atoms with Crippen LogP contribution in [0.2, 0.25) is 0 Å². The van der Waals surface area contributed by atoms with Crippen molar-refractivity contribution in [3.63, 3.8) is 0 Å². The first-order chi connectivity index (χ1) is 11.1. The maximum atomic E-state index is 11.5. The standard InChI is InChI=1S/C18H15NO3S/c1-12-7-5-6-10-14(12)17-19-15(16(23-17)18(20)21)11-22-13-8-3-2-4-9-13/h2-10H,11H2,1H3,(H,20,21). The molecule has 1 N–H and O–H groups in total. The summed E-state index contributed by atoms with van der Waals surface area (Å²) in [6, 6.07) is 17.1. The van der Waals surface area contributed by atoms with Crippen LogP contribution >= 0.6 is 11.3 Å². The van der Waals surface area contributed by atoms with Gasteiger partial charge in [-0.1, -0.05) is 42.5 Å². The number of thiazole rings is 1. The molecular weight excluding hydrogens is 310 g/mol. The van der Waals surface area contributed by atoms with Crippen LogP contribution in [0.15, 0.2) is 54.6 Å². The summed E-state index contributed by atoms with van der Waals surface area (Å²) in [7, 11) is 0. The van der Waals surface area contributed by atoms with E-state index in [1.54, 1.807) is 0 Å². The number of rotatable bonds is 5. The number of carbonyl (C=O) groups is 1. The number of aryl methyl sites for hydroxylation is 1. The monoisotopic (exact) mass is 325 g/mol. The summed E-state index contributed by atoms with van der Waals surface area (Å²) in [6.45, 7) is 2.12. The van der Waals surface area contributed by atoms with Crippen molar-refractivity contribution in [3.05, 3.63) is 70.7 Å². The first kappa shape index (κ1) is 15.2. The van der Waals surface area contributed by atoms with Crippen molar-refractivity contribution in [1.29, 1.82) is 0 Å². The van der Waals surface area contributed by atoms with Crippen LogP contribution < -0.4 is 4.74 Å². The van der Waals surface area contributed by atoms with Gasteiger partial charge in [0.2, 0.25) is 0 Å². The number of ether oxygens (including phenoxy) is 1. The van der Waals surface area contributed by atoms with E-state index in [1.807, 2.05) is 61.5 Å². The van der Waals surface area contributed by atoms with E-state index in [2.05, 4.69) is 4.98 Å². The molecule has 4 nitrogen and oxygen atoms in total. The van der Waals surface area contributed by atoms with Crippen molar-refractivity contribution in [3.8, 4) is 16.3 Å². The van der Waals surface area contributed by atoms with Gasteiger partial charge in [0.25, 0.3) is 0 Å². The van der Waals surface area contributed by atoms with Gasteiger partial charge in [-0.2, -0.15) is 0 Å². The lowest BCUT2D eigenvalue weighted by atomic mass is 10.1. The van der Waals surface area contributed by atoms with Crippen LogP contribution in [0.5, 0.6) is 5.75 Å². The Bertz CT molecular complexity index is 827. The smallest absolute Gasteiger partial charge is 0.347 e. The zero-order valence-corrected chi connectivity index (χ0v) is 13.3. The van der Waals surface area contributed by atoms with Gasteiger partial charge < -0.3 is 9.84 Å². The molecule has 3 aromatic rings. The number of para-hydroxylation sites is 1. The Morgan fingerprint density at radius 3 is 2.52 bits per heavy atom. The van der Waals surface area contributed by atoms with E-state index in [-0.39, 0.29) is 11.5 Å². The second-order valence-electron chi connectivity index (χ2n) is 5.02. The Morgan fingerprint density at radius 2 is 1.83 bits per heavy atom. The molecule has 0 aliphatic rings. The predicted molar refractivity (Wildman–Crippen MR) is 90.0 cm³/mol. The molecule has 23 heavy (non-hydrogen) atoms. The highest BCUT2D eigenvalue weighted by Gasteiger charge is 2.19. The van der Waals surface area contributed by atoms with Crippen molar-refractivity contribution in [2.24, 2.45) is 0 Å². The fourth-order valence-electron chi connectivity index (χ4n) is 2.21. The topological polar surface area (TPSA) is 59.4 Å². The average molecular weight is 325 g/mol. The fraction of sp³-hybridized carbons (Fsp3) is 0.111. The summed E-state index contributed by atoms with van der Waals surface area (Å²) >= 11 is 1.18. The van der Waals surface area contributed by atoms with E-state index in [0.29, 0.717) is 16.5 Å². The molecule has 0 atom stereocenters. The van der Waals surface area contributed by atoms with Gasteiger partial charge >= 0.3 is 5.97 Å². The molecule has 0 saturated carbocycles. The number of aromatic carboxylic acids is 1. The first-order valence-corrected chi connectivity index (χ1v) is 7.93. The quantitative estimate of drug-likeness (QED) is 0.755. The molecule has 0 unspecified atom stereocenters. The van der Waals surface area contributed by atoms with E-state index in [9.17, 15) is 9.90 Å². The summed E-state index contributed by atoms with van der Waals surface area (Å²) in [5, 5.41) is 10.1. The molecule has 116 valence electrons. The molecule has 0 radical (unpaired) electrons. The molecule has 2 aromatic carbocycles. The van der Waals surface area contributed by atoms with Crippen molar-refractivity contribution in [2.75, 3.05) is 0 Å². The number of benzene rings is 2. The largest absolute Gasteiger partial charge is 0.487 e. The second-order valence-corrected chi connectivity index (χ2v) is 6.02. The summed E-state index contributed by atoms with van der Waals surface area (Å²) in [6.07, 6.45) is 0. The molecule has 5 heteroatoms. The van der Waals surface area contributed by atoms with Crippen LogP contribution in [0.25, 0.3) is 10.6 Å². The Balaban J connectivity index is 1.90. The van der Waals surface area contributed by atoms with Crippen molar-refractivity contribution in [1.82, 2.24) is 4.98 Å². The summed E-state index contributed by atoms with van der Waals surface area (Å²) in [5.41, 5.74) is 2.46. The lowest BCUT2D eigenvalue weighted by molar-refractivity contribution is 0.0699. The minimum atomic E-state index is -0.978. The Morgan fingerprint density at radius 1 is 1.13 bits per heavy atom. The van der Waals surface area contributed by atoms with Crippen molar-refractivity contribution >= 4 is 17.3 Å². The Labute approximate surface area is 138 Å². The molecule has 1 heterocycles. The minimum absolute atomic E-state index is 0.133. The molecule has 0 aliphatic heterocycles. The lowest BCUT2D eigenvalue weighted by Crippen LogP contribution is -2.03. The third kappa shape index (κ3) is 3.40. The highest BCUT2D eigenvalue weighted by molar-refractivity contribution is 7.17. The maximum absolute atomic E-state index is 11.5. The Hall–Kier alpha value is -2.66. The lowest BCUT2D eigenvalue weighted by Gasteiger charge is -2.04. The van der Waals surface area contributed by atoms with Gasteiger partial charge in [-0.25, -0.2) is 9.78 Å². The molecule has 0 bridgehead atoms. The summed E-state index contributed by atoms with van der Waals surface area (Å²) < 4.78 is 5.64. The SMILES string of the molecule is Cc1ccccc1-c1nc(COc2ccccc2)c(C(=O)O)s1. The molecule has 0 fully saturated rings. The van der Waals surface area contributed by atoms with Crippen molar-refractivity contribution < 1.29 is 14.6 Å². The third-order valence-corrected chi connectivity index (χ3v) is 4.50. The fourth-order valence-corrected chi connectivity index (χ4v) is 3.21. The van der Waals surface area contributed by atoms with Gasteiger partial charge in [-0.05, 0) is 24.6 Å². The molecule has 0 saturated heterocycles. The molecule has 1 aromatic heterocycles. The van der Waals surface area contributed by atoms with Crippen LogP contribution in [0.4, 0.5) is 0 Å². The highest BCUT2D eigenvalue weighted by Crippen LogP contribution is 2.31. The number of aromatic nitrogens is 1. The minimum Gasteiger partial charge on any atom is -0.487 e. The molecule has 0 aliphatic carbocycles. The molecule has 3 rings (SSSR count). The summed E-state index contributed by atoms with van der Waals surface area (Å²) in [5.74, 6) is -0.289. The van der Waals surface area contributed by atoms with E-state index in [4.69, 9.17) is 4.74 Å². The number of carboxylic acid groups (broad SMARTS) is 1. The van der Waals surface area contributed by atoms with Gasteiger partial charge in [-0.15, -0.1) is 11.3 Å². The van der Waals surface area contributed by atoms with Crippen LogP contribution in [0, 0.1) is 6.92 Å². The van der Waals surface area contributed by atoms with Crippen LogP contribution in [-0.2, 0) is 6.61 Å². The maximum Gasteiger partial charge on any atom is 0.347 e. The van der Waals surface area contributed by atoms with Gasteiger partial charge in [-0.3, -0.25) is 0 Å². The zero-order valence-electron chi connectivity index (χ0n) is 12.5. The van der Waals surface area contributed by atoms with Crippen LogP contribution in [-0.4, -0.2) is 16.1 Å².